The number of carbonyl (C=O) groups is 3. The first-order chi connectivity index (χ1) is 30.6. The first kappa shape index (κ1) is 60.2. The highest BCUT2D eigenvalue weighted by Crippen LogP contribution is 2.43. The molecule has 0 rings (SSSR count). The Balaban J connectivity index is 4.32. The Kier molecular flexibility index (Phi) is 43.7. The van der Waals surface area contributed by atoms with Gasteiger partial charge in [0.15, 0.2) is 6.10 Å². The summed E-state index contributed by atoms with van der Waals surface area (Å²) in [6.45, 7) is 2.68. The summed E-state index contributed by atoms with van der Waals surface area (Å²) in [5, 5.41) is 8.91. The monoisotopic (exact) mass is 908 g/mol. The van der Waals surface area contributed by atoms with Crippen molar-refractivity contribution in [1.82, 2.24) is 0 Å². The molecular formula is C51H90NO10P. The van der Waals surface area contributed by atoms with E-state index in [9.17, 15) is 23.8 Å². The number of rotatable bonds is 46. The second kappa shape index (κ2) is 45.7. The highest BCUT2D eigenvalue weighted by molar-refractivity contribution is 7.47. The zero-order chi connectivity index (χ0) is 46.3. The van der Waals surface area contributed by atoms with Gasteiger partial charge in [0.25, 0.3) is 0 Å². The number of carbonyl (C=O) groups excluding carboxylic acids is 2. The van der Waals surface area contributed by atoms with Gasteiger partial charge in [0.2, 0.25) is 0 Å². The Hall–Kier alpha value is -2.82. The van der Waals surface area contributed by atoms with Crippen LogP contribution in [0.1, 0.15) is 213 Å². The molecule has 0 fully saturated rings. The van der Waals surface area contributed by atoms with E-state index >= 15 is 0 Å². The third-order valence-corrected chi connectivity index (χ3v) is 11.5. The molecule has 12 heteroatoms. The maximum atomic E-state index is 12.7. The van der Waals surface area contributed by atoms with E-state index in [2.05, 4.69) is 79.1 Å². The van der Waals surface area contributed by atoms with Crippen molar-refractivity contribution in [2.24, 2.45) is 5.73 Å². The van der Waals surface area contributed by atoms with E-state index in [1.165, 1.54) is 103 Å². The zero-order valence-electron chi connectivity index (χ0n) is 39.7. The SMILES string of the molecule is CC/C=C\C/C=C\C/C=C\C/C=C\C/C=C\CCCCCC(=O)OC(COC(=O)CCCCCCCCCCCCCCCCCCCCCC)COP(=O)(O)OCC(N)C(=O)O. The number of esters is 2. The highest BCUT2D eigenvalue weighted by atomic mass is 31.2. The van der Waals surface area contributed by atoms with Gasteiger partial charge in [-0.15, -0.1) is 0 Å². The molecule has 0 aliphatic heterocycles. The zero-order valence-corrected chi connectivity index (χ0v) is 40.5. The van der Waals surface area contributed by atoms with E-state index in [-0.39, 0.29) is 19.4 Å². The van der Waals surface area contributed by atoms with E-state index < -0.39 is 51.1 Å². The van der Waals surface area contributed by atoms with Crippen LogP contribution in [0, 0.1) is 0 Å². The van der Waals surface area contributed by atoms with E-state index in [4.69, 9.17) is 24.8 Å². The maximum absolute atomic E-state index is 12.7. The van der Waals surface area contributed by atoms with Crippen LogP contribution in [0.5, 0.6) is 0 Å². The van der Waals surface area contributed by atoms with Gasteiger partial charge in [-0.2, -0.15) is 0 Å². The Labute approximate surface area is 383 Å². The molecule has 0 aliphatic carbocycles. The molecule has 0 heterocycles. The Morgan fingerprint density at radius 3 is 1.33 bits per heavy atom. The molecule has 0 aromatic heterocycles. The molecule has 0 bridgehead atoms. The van der Waals surface area contributed by atoms with Crippen molar-refractivity contribution >= 4 is 25.7 Å². The van der Waals surface area contributed by atoms with Crippen LogP contribution in [0.25, 0.3) is 0 Å². The van der Waals surface area contributed by atoms with Crippen molar-refractivity contribution in [2.75, 3.05) is 19.8 Å². The Morgan fingerprint density at radius 1 is 0.508 bits per heavy atom. The van der Waals surface area contributed by atoms with Crippen LogP contribution in [-0.2, 0) is 37.5 Å². The van der Waals surface area contributed by atoms with Gasteiger partial charge in [-0.25, -0.2) is 4.57 Å². The number of nitrogens with two attached hydrogens (primary N) is 1. The topological polar surface area (TPSA) is 172 Å². The van der Waals surface area contributed by atoms with Gasteiger partial charge >= 0.3 is 25.7 Å². The fraction of sp³-hybridized carbons (Fsp3) is 0.745. The number of phosphoric ester groups is 1. The molecule has 4 N–H and O–H groups in total. The predicted octanol–water partition coefficient (Wildman–Crippen LogP) is 13.9. The van der Waals surface area contributed by atoms with Crippen molar-refractivity contribution in [3.05, 3.63) is 60.8 Å². The summed E-state index contributed by atoms with van der Waals surface area (Å²) in [7, 11) is -4.73. The van der Waals surface area contributed by atoms with Crippen molar-refractivity contribution in [2.45, 2.75) is 225 Å². The average molecular weight is 908 g/mol. The number of unbranched alkanes of at least 4 members (excludes halogenated alkanes) is 22. The Bertz CT molecular complexity index is 1300. The van der Waals surface area contributed by atoms with E-state index in [1.54, 1.807) is 0 Å². The number of ether oxygens (including phenoxy) is 2. The maximum Gasteiger partial charge on any atom is 0.472 e. The van der Waals surface area contributed by atoms with Gasteiger partial charge < -0.3 is 25.2 Å². The molecule has 0 aromatic carbocycles. The number of hydrogen-bond donors (Lipinski definition) is 3. The van der Waals surface area contributed by atoms with Crippen LogP contribution in [0.2, 0.25) is 0 Å². The summed E-state index contributed by atoms with van der Waals surface area (Å²) < 4.78 is 32.8. The smallest absolute Gasteiger partial charge is 0.472 e. The molecule has 63 heavy (non-hydrogen) atoms. The molecule has 0 amide bonds. The minimum absolute atomic E-state index is 0.121. The van der Waals surface area contributed by atoms with E-state index in [1.807, 2.05) is 0 Å². The second-order valence-corrected chi connectivity index (χ2v) is 18.0. The van der Waals surface area contributed by atoms with Gasteiger partial charge in [-0.1, -0.05) is 203 Å². The lowest BCUT2D eigenvalue weighted by molar-refractivity contribution is -0.161. The van der Waals surface area contributed by atoms with E-state index in [0.29, 0.717) is 12.8 Å². The molecule has 11 nitrogen and oxygen atoms in total. The highest BCUT2D eigenvalue weighted by Gasteiger charge is 2.28. The molecule has 0 aliphatic rings. The molecule has 0 saturated carbocycles. The third-order valence-electron chi connectivity index (χ3n) is 10.5. The van der Waals surface area contributed by atoms with Crippen LogP contribution in [0.3, 0.4) is 0 Å². The van der Waals surface area contributed by atoms with Crippen LogP contribution in [0.4, 0.5) is 0 Å². The first-order valence-electron chi connectivity index (χ1n) is 24.8. The van der Waals surface area contributed by atoms with Crippen LogP contribution < -0.4 is 5.73 Å². The van der Waals surface area contributed by atoms with Gasteiger partial charge in [0.1, 0.15) is 12.6 Å². The lowest BCUT2D eigenvalue weighted by atomic mass is 10.0. The van der Waals surface area contributed by atoms with Gasteiger partial charge in [-0.3, -0.25) is 23.4 Å². The summed E-state index contributed by atoms with van der Waals surface area (Å²) in [6, 6.07) is -1.53. The molecule has 0 radical (unpaired) electrons. The molecule has 0 saturated heterocycles. The first-order valence-corrected chi connectivity index (χ1v) is 26.3. The largest absolute Gasteiger partial charge is 0.480 e. The summed E-state index contributed by atoms with van der Waals surface area (Å²) >= 11 is 0. The van der Waals surface area contributed by atoms with Crippen molar-refractivity contribution < 1.29 is 47.5 Å². The number of hydrogen-bond acceptors (Lipinski definition) is 9. The summed E-state index contributed by atoms with van der Waals surface area (Å²) in [4.78, 5) is 46.1. The molecule has 0 aromatic rings. The Morgan fingerprint density at radius 2 is 0.889 bits per heavy atom. The molecule has 3 atom stereocenters. The van der Waals surface area contributed by atoms with Crippen molar-refractivity contribution in [1.29, 1.82) is 0 Å². The van der Waals surface area contributed by atoms with Gasteiger partial charge in [0, 0.05) is 12.8 Å². The molecule has 0 spiro atoms. The van der Waals surface area contributed by atoms with E-state index in [0.717, 1.165) is 70.6 Å². The lowest BCUT2D eigenvalue weighted by Crippen LogP contribution is -2.34. The van der Waals surface area contributed by atoms with Crippen LogP contribution in [-0.4, -0.2) is 59.9 Å². The normalized spacial score (nSPS) is 14.1. The van der Waals surface area contributed by atoms with Crippen molar-refractivity contribution in [3.63, 3.8) is 0 Å². The molecular weight excluding hydrogens is 818 g/mol. The summed E-state index contributed by atoms with van der Waals surface area (Å²) in [5.41, 5.74) is 5.35. The molecule has 364 valence electrons. The minimum Gasteiger partial charge on any atom is -0.480 e. The minimum atomic E-state index is -4.73. The summed E-state index contributed by atoms with van der Waals surface area (Å²) in [6.07, 6.45) is 54.3. The third kappa shape index (κ3) is 45.5. The number of allylic oxidation sites excluding steroid dienone is 10. The summed E-state index contributed by atoms with van der Waals surface area (Å²) in [5.74, 6) is -2.42. The quantitative estimate of drug-likeness (QED) is 0.0230. The standard InChI is InChI=1S/C51H90NO10P/c1-3-5-7-9-11-13-15-17-19-21-23-25-26-28-30-32-34-36-38-40-42-49(53)59-44-47(45-60-63(57,58)61-46-48(52)51(55)56)62-50(54)43-41-39-37-35-33-31-29-27-24-22-20-18-16-14-12-10-8-6-4-2/h6,8,12,14,18,20,24,27,31,33,47-48H,3-5,7,9-11,13,15-17,19,21-23,25-26,28-30,32,34-46,52H2,1-2H3,(H,55,56)(H,57,58)/b8-6-,14-12-,20-18-,27-24-,33-31-. The average Bonchev–Trinajstić information content (AvgIpc) is 3.26. The van der Waals surface area contributed by atoms with Crippen LogP contribution in [0.15, 0.2) is 60.8 Å². The van der Waals surface area contributed by atoms with Gasteiger partial charge in [0.05, 0.1) is 13.2 Å². The predicted molar refractivity (Wildman–Crippen MR) is 258 cm³/mol. The fourth-order valence-corrected chi connectivity index (χ4v) is 7.46. The van der Waals surface area contributed by atoms with Crippen molar-refractivity contribution in [3.8, 4) is 0 Å². The number of phosphoric acid groups is 1. The van der Waals surface area contributed by atoms with Crippen LogP contribution >= 0.6 is 7.82 Å². The van der Waals surface area contributed by atoms with Gasteiger partial charge in [-0.05, 0) is 57.8 Å². The fourth-order valence-electron chi connectivity index (χ4n) is 6.68. The number of carboxylic acids is 1. The number of carboxylic acid groups (broad SMARTS) is 1. The second-order valence-electron chi connectivity index (χ2n) is 16.6. The molecule has 3 unspecified atom stereocenters. The lowest BCUT2D eigenvalue weighted by Gasteiger charge is -2.20. The number of aliphatic carboxylic acids is 1.